The largest absolute Gasteiger partial charge is 0.494 e. The second-order valence-electron chi connectivity index (χ2n) is 5.99. The minimum Gasteiger partial charge on any atom is -0.494 e. The molecule has 0 saturated carbocycles. The molecule has 2 N–H and O–H groups in total. The molecule has 0 saturated heterocycles. The van der Waals surface area contributed by atoms with Gasteiger partial charge < -0.3 is 15.4 Å². The summed E-state index contributed by atoms with van der Waals surface area (Å²) in [5.74, 6) is -0.178. The lowest BCUT2D eigenvalue weighted by Crippen LogP contribution is -2.34. The van der Waals surface area contributed by atoms with Crippen molar-refractivity contribution >= 4 is 17.5 Å². The maximum atomic E-state index is 11.9. The fourth-order valence-corrected chi connectivity index (χ4v) is 2.27. The molecule has 5 heteroatoms. The molecular formula is C20H24N2O3. The number of hydrogen-bond acceptors (Lipinski definition) is 3. The Morgan fingerprint density at radius 3 is 2.16 bits per heavy atom. The first-order chi connectivity index (χ1) is 12.0. The number of amides is 2. The molecule has 0 fully saturated rings. The summed E-state index contributed by atoms with van der Waals surface area (Å²) in [7, 11) is 0. The fourth-order valence-electron chi connectivity index (χ4n) is 2.27. The monoisotopic (exact) mass is 340 g/mol. The van der Waals surface area contributed by atoms with E-state index in [2.05, 4.69) is 24.5 Å². The lowest BCUT2D eigenvalue weighted by Gasteiger charge is -2.09. The smallest absolute Gasteiger partial charge is 0.313 e. The van der Waals surface area contributed by atoms with Crippen LogP contribution in [0.4, 0.5) is 5.69 Å². The zero-order valence-corrected chi connectivity index (χ0v) is 14.8. The van der Waals surface area contributed by atoms with Gasteiger partial charge in [-0.05, 0) is 48.2 Å². The Hall–Kier alpha value is -2.82. The molecule has 2 aromatic rings. The molecule has 0 radical (unpaired) electrons. The number of nitrogens with one attached hydrogen (secondary N) is 2. The maximum Gasteiger partial charge on any atom is 0.313 e. The molecule has 0 bridgehead atoms. The predicted octanol–water partition coefficient (Wildman–Crippen LogP) is 3.46. The van der Waals surface area contributed by atoms with Gasteiger partial charge in [-0.1, -0.05) is 38.1 Å². The number of benzene rings is 2. The first-order valence-electron chi connectivity index (χ1n) is 8.40. The quantitative estimate of drug-likeness (QED) is 0.791. The van der Waals surface area contributed by atoms with Gasteiger partial charge >= 0.3 is 11.8 Å². The summed E-state index contributed by atoms with van der Waals surface area (Å²) in [6.07, 6.45) is 0. The van der Waals surface area contributed by atoms with Crippen LogP contribution in [-0.2, 0) is 16.1 Å². The van der Waals surface area contributed by atoms with E-state index in [4.69, 9.17) is 4.74 Å². The summed E-state index contributed by atoms with van der Waals surface area (Å²) in [4.78, 5) is 23.9. The van der Waals surface area contributed by atoms with Crippen LogP contribution in [0.3, 0.4) is 0 Å². The lowest BCUT2D eigenvalue weighted by molar-refractivity contribution is -0.136. The zero-order valence-electron chi connectivity index (χ0n) is 14.8. The van der Waals surface area contributed by atoms with Gasteiger partial charge in [0, 0.05) is 12.2 Å². The second kappa shape index (κ2) is 8.87. The molecule has 25 heavy (non-hydrogen) atoms. The number of carbonyl (C=O) groups is 2. The van der Waals surface area contributed by atoms with Crippen molar-refractivity contribution in [3.8, 4) is 5.75 Å². The fraction of sp³-hybridized carbons (Fsp3) is 0.300. The molecule has 0 aromatic heterocycles. The highest BCUT2D eigenvalue weighted by atomic mass is 16.5. The van der Waals surface area contributed by atoms with Gasteiger partial charge in [-0.15, -0.1) is 0 Å². The zero-order chi connectivity index (χ0) is 18.2. The highest BCUT2D eigenvalue weighted by Crippen LogP contribution is 2.16. The van der Waals surface area contributed by atoms with Crippen LogP contribution < -0.4 is 15.4 Å². The van der Waals surface area contributed by atoms with Crippen LogP contribution in [0, 0.1) is 0 Å². The molecule has 0 aliphatic carbocycles. The minimum atomic E-state index is -0.692. The summed E-state index contributed by atoms with van der Waals surface area (Å²) >= 11 is 0. The van der Waals surface area contributed by atoms with E-state index < -0.39 is 11.8 Å². The Morgan fingerprint density at radius 1 is 0.960 bits per heavy atom. The van der Waals surface area contributed by atoms with Crippen molar-refractivity contribution in [2.45, 2.75) is 33.2 Å². The van der Waals surface area contributed by atoms with E-state index in [1.807, 2.05) is 31.2 Å². The van der Waals surface area contributed by atoms with Crippen molar-refractivity contribution in [2.24, 2.45) is 0 Å². The summed E-state index contributed by atoms with van der Waals surface area (Å²) in [5, 5.41) is 5.19. The van der Waals surface area contributed by atoms with Crippen molar-refractivity contribution in [3.05, 3.63) is 59.7 Å². The van der Waals surface area contributed by atoms with Crippen LogP contribution >= 0.6 is 0 Å². The average molecular weight is 340 g/mol. The van der Waals surface area contributed by atoms with Gasteiger partial charge in [0.25, 0.3) is 0 Å². The van der Waals surface area contributed by atoms with Gasteiger partial charge in [0.05, 0.1) is 6.61 Å². The van der Waals surface area contributed by atoms with Crippen LogP contribution in [0.2, 0.25) is 0 Å². The Bertz CT molecular complexity index is 707. The summed E-state index contributed by atoms with van der Waals surface area (Å²) in [6, 6.07) is 14.9. The van der Waals surface area contributed by atoms with Crippen molar-refractivity contribution in [3.63, 3.8) is 0 Å². The molecule has 2 amide bonds. The second-order valence-corrected chi connectivity index (χ2v) is 5.99. The van der Waals surface area contributed by atoms with E-state index in [1.165, 1.54) is 5.56 Å². The molecule has 0 unspecified atom stereocenters. The molecule has 0 atom stereocenters. The molecule has 2 rings (SSSR count). The van der Waals surface area contributed by atoms with Crippen molar-refractivity contribution in [2.75, 3.05) is 11.9 Å². The van der Waals surface area contributed by atoms with E-state index in [0.29, 0.717) is 24.8 Å². The summed E-state index contributed by atoms with van der Waals surface area (Å²) in [5.41, 5.74) is 2.74. The van der Waals surface area contributed by atoms with Crippen LogP contribution in [0.5, 0.6) is 5.75 Å². The van der Waals surface area contributed by atoms with Crippen molar-refractivity contribution in [1.82, 2.24) is 5.32 Å². The Morgan fingerprint density at radius 2 is 1.60 bits per heavy atom. The maximum absolute atomic E-state index is 11.9. The van der Waals surface area contributed by atoms with E-state index in [9.17, 15) is 9.59 Å². The molecule has 5 nitrogen and oxygen atoms in total. The third kappa shape index (κ3) is 5.64. The van der Waals surface area contributed by atoms with Crippen molar-refractivity contribution in [1.29, 1.82) is 0 Å². The van der Waals surface area contributed by atoms with E-state index >= 15 is 0 Å². The summed E-state index contributed by atoms with van der Waals surface area (Å²) in [6.45, 7) is 7.04. The van der Waals surface area contributed by atoms with Crippen LogP contribution in [0.15, 0.2) is 48.5 Å². The van der Waals surface area contributed by atoms with Gasteiger partial charge in [-0.2, -0.15) is 0 Å². The topological polar surface area (TPSA) is 67.4 Å². The summed E-state index contributed by atoms with van der Waals surface area (Å²) < 4.78 is 5.33. The third-order valence-corrected chi connectivity index (χ3v) is 3.73. The molecule has 132 valence electrons. The predicted molar refractivity (Wildman–Crippen MR) is 98.6 cm³/mol. The van der Waals surface area contributed by atoms with Gasteiger partial charge in [0.2, 0.25) is 0 Å². The first-order valence-corrected chi connectivity index (χ1v) is 8.40. The first kappa shape index (κ1) is 18.5. The third-order valence-electron chi connectivity index (χ3n) is 3.73. The number of ether oxygens (including phenoxy) is 1. The highest BCUT2D eigenvalue weighted by Gasteiger charge is 2.13. The van der Waals surface area contributed by atoms with Crippen LogP contribution in [0.25, 0.3) is 0 Å². The van der Waals surface area contributed by atoms with Gasteiger partial charge in [-0.25, -0.2) is 0 Å². The van der Waals surface area contributed by atoms with Gasteiger partial charge in [0.1, 0.15) is 5.75 Å². The van der Waals surface area contributed by atoms with E-state index in [-0.39, 0.29) is 0 Å². The van der Waals surface area contributed by atoms with Crippen molar-refractivity contribution < 1.29 is 14.3 Å². The molecule has 0 spiro atoms. The highest BCUT2D eigenvalue weighted by molar-refractivity contribution is 6.39. The molecule has 0 heterocycles. The number of rotatable bonds is 6. The van der Waals surface area contributed by atoms with E-state index in [1.54, 1.807) is 24.3 Å². The SMILES string of the molecule is CCOc1ccc(NC(=O)C(=O)NCc2ccc(C(C)C)cc2)cc1. The Balaban J connectivity index is 1.84. The van der Waals surface area contributed by atoms with Gasteiger partial charge in [-0.3, -0.25) is 9.59 Å². The van der Waals surface area contributed by atoms with E-state index in [0.717, 1.165) is 11.3 Å². The number of hydrogen-bond donors (Lipinski definition) is 2. The number of carbonyl (C=O) groups excluding carboxylic acids is 2. The molecule has 0 aliphatic rings. The van der Waals surface area contributed by atoms with Crippen LogP contribution in [-0.4, -0.2) is 18.4 Å². The average Bonchev–Trinajstić information content (AvgIpc) is 2.61. The normalized spacial score (nSPS) is 10.4. The molecule has 0 aliphatic heterocycles. The molecular weight excluding hydrogens is 316 g/mol. The van der Waals surface area contributed by atoms with Gasteiger partial charge in [0.15, 0.2) is 0 Å². The standard InChI is InChI=1S/C20H24N2O3/c1-4-25-18-11-9-17(10-12-18)22-20(24)19(23)21-13-15-5-7-16(8-6-15)14(2)3/h5-12,14H,4,13H2,1-3H3,(H,21,23)(H,22,24). The Kier molecular flexibility index (Phi) is 6.57. The lowest BCUT2D eigenvalue weighted by atomic mass is 10.0. The molecule has 2 aromatic carbocycles. The number of anilines is 1. The Labute approximate surface area is 148 Å². The minimum absolute atomic E-state index is 0.313. The van der Waals surface area contributed by atoms with Crippen LogP contribution in [0.1, 0.15) is 37.8 Å².